The molecule has 1 aromatic rings. The van der Waals surface area contributed by atoms with Gasteiger partial charge in [0, 0.05) is 19.3 Å². The normalized spacial score (nSPS) is 15.5. The van der Waals surface area contributed by atoms with Gasteiger partial charge in [0.1, 0.15) is 6.54 Å². The molecule has 5 nitrogen and oxygen atoms in total. The maximum Gasteiger partial charge on any atom is 0.323 e. The van der Waals surface area contributed by atoms with Gasteiger partial charge in [0.2, 0.25) is 5.91 Å². The van der Waals surface area contributed by atoms with E-state index in [2.05, 4.69) is 6.92 Å². The van der Waals surface area contributed by atoms with Crippen LogP contribution < -0.4 is 0 Å². The fourth-order valence-corrected chi connectivity index (χ4v) is 2.73. The number of carbonyl (C=O) groups excluding carboxylic acids is 1. The lowest BCUT2D eigenvalue weighted by Crippen LogP contribution is -2.46. The van der Waals surface area contributed by atoms with E-state index in [1.807, 2.05) is 24.3 Å². The Morgan fingerprint density at radius 3 is 2.32 bits per heavy atom. The highest BCUT2D eigenvalue weighted by Gasteiger charge is 2.27. The summed E-state index contributed by atoms with van der Waals surface area (Å²) in [4.78, 5) is 25.1. The predicted octanol–water partition coefficient (Wildman–Crippen LogP) is 1.88. The van der Waals surface area contributed by atoms with Crippen LogP contribution in [-0.4, -0.2) is 47.7 Å². The van der Waals surface area contributed by atoms with Gasteiger partial charge in [-0.15, -0.1) is 0 Å². The minimum absolute atomic E-state index is 0.0349. The van der Waals surface area contributed by atoms with Crippen LogP contribution in [0.3, 0.4) is 0 Å². The molecular weight excluding hydrogens is 282 g/mol. The quantitative estimate of drug-likeness (QED) is 0.871. The third-order valence-electron chi connectivity index (χ3n) is 4.04. The maximum atomic E-state index is 12.5. The summed E-state index contributed by atoms with van der Waals surface area (Å²) in [5.41, 5.74) is 2.15. The molecule has 1 aliphatic heterocycles. The first-order chi connectivity index (χ1) is 10.6. The first-order valence-corrected chi connectivity index (χ1v) is 7.77. The molecule has 0 saturated carbocycles. The largest absolute Gasteiger partial charge is 0.480 e. The number of hydrogen-bond acceptors (Lipinski definition) is 3. The molecule has 2 rings (SSSR count). The van der Waals surface area contributed by atoms with Crippen molar-refractivity contribution in [2.24, 2.45) is 0 Å². The maximum absolute atomic E-state index is 12.5. The number of benzene rings is 1. The van der Waals surface area contributed by atoms with E-state index in [9.17, 15) is 9.59 Å². The second kappa shape index (κ2) is 7.94. The topological polar surface area (TPSA) is 66.8 Å². The number of carboxylic acid groups (broad SMARTS) is 1. The van der Waals surface area contributed by atoms with E-state index < -0.39 is 5.97 Å². The van der Waals surface area contributed by atoms with Crippen molar-refractivity contribution in [1.82, 2.24) is 4.90 Å². The Hall–Kier alpha value is -1.88. The minimum Gasteiger partial charge on any atom is -0.480 e. The second-order valence-corrected chi connectivity index (χ2v) is 5.61. The molecule has 0 atom stereocenters. The molecule has 1 aliphatic rings. The Bertz CT molecular complexity index is 506. The zero-order chi connectivity index (χ0) is 15.9. The molecule has 0 unspecified atom stereocenters. The minimum atomic E-state index is -0.971. The van der Waals surface area contributed by atoms with E-state index in [1.54, 1.807) is 0 Å². The number of nitrogens with zero attached hydrogens (tertiary/aromatic N) is 1. The Balaban J connectivity index is 2.04. The smallest absolute Gasteiger partial charge is 0.323 e. The van der Waals surface area contributed by atoms with Gasteiger partial charge in [-0.05, 0) is 30.4 Å². The Labute approximate surface area is 130 Å². The van der Waals surface area contributed by atoms with Crippen LogP contribution in [0, 0.1) is 0 Å². The summed E-state index contributed by atoms with van der Waals surface area (Å²) in [5, 5.41) is 9.07. The van der Waals surface area contributed by atoms with Crippen LogP contribution in [0.1, 0.15) is 30.9 Å². The average Bonchev–Trinajstić information content (AvgIpc) is 2.54. The molecule has 22 heavy (non-hydrogen) atoms. The number of hydrogen-bond donors (Lipinski definition) is 1. The van der Waals surface area contributed by atoms with Crippen molar-refractivity contribution in [3.8, 4) is 0 Å². The molecular formula is C17H23NO4. The number of amides is 1. The van der Waals surface area contributed by atoms with Crippen molar-refractivity contribution in [3.63, 3.8) is 0 Å². The number of aliphatic carboxylic acids is 1. The molecule has 0 bridgehead atoms. The van der Waals surface area contributed by atoms with Crippen molar-refractivity contribution < 1.29 is 19.4 Å². The zero-order valence-electron chi connectivity index (χ0n) is 13.0. The monoisotopic (exact) mass is 305 g/mol. The fourth-order valence-electron chi connectivity index (χ4n) is 2.73. The zero-order valence-corrected chi connectivity index (χ0v) is 13.0. The summed E-state index contributed by atoms with van der Waals surface area (Å²) >= 11 is 0. The van der Waals surface area contributed by atoms with Gasteiger partial charge in [-0.2, -0.15) is 0 Å². The standard InChI is InChI=1S/C17H23NO4/c1-2-13-3-5-14(6-4-13)11-16(19)18(12-17(20)21)15-7-9-22-10-8-15/h3-6,15H,2,7-12H2,1H3,(H,20,21). The van der Waals surface area contributed by atoms with Crippen LogP contribution in [0.4, 0.5) is 0 Å². The Morgan fingerprint density at radius 2 is 1.77 bits per heavy atom. The highest BCUT2D eigenvalue weighted by Crippen LogP contribution is 2.16. The molecule has 0 spiro atoms. The van der Waals surface area contributed by atoms with E-state index in [0.717, 1.165) is 12.0 Å². The summed E-state index contributed by atoms with van der Waals surface area (Å²) < 4.78 is 5.29. The van der Waals surface area contributed by atoms with E-state index in [-0.39, 0.29) is 24.9 Å². The van der Waals surface area contributed by atoms with E-state index in [0.29, 0.717) is 26.1 Å². The number of ether oxygens (including phenoxy) is 1. The molecule has 1 amide bonds. The van der Waals surface area contributed by atoms with Crippen LogP contribution in [0.5, 0.6) is 0 Å². The van der Waals surface area contributed by atoms with Crippen LogP contribution >= 0.6 is 0 Å². The molecule has 1 fully saturated rings. The summed E-state index contributed by atoms with van der Waals surface area (Å²) in [5.74, 6) is -1.10. The summed E-state index contributed by atoms with van der Waals surface area (Å²) in [7, 11) is 0. The van der Waals surface area contributed by atoms with Crippen molar-refractivity contribution in [1.29, 1.82) is 0 Å². The average molecular weight is 305 g/mol. The van der Waals surface area contributed by atoms with Crippen molar-refractivity contribution in [2.75, 3.05) is 19.8 Å². The first kappa shape index (κ1) is 16.5. The van der Waals surface area contributed by atoms with Gasteiger partial charge in [-0.1, -0.05) is 31.2 Å². The van der Waals surface area contributed by atoms with Crippen LogP contribution in [-0.2, 0) is 27.2 Å². The Morgan fingerprint density at radius 1 is 1.18 bits per heavy atom. The number of carbonyl (C=O) groups is 2. The van der Waals surface area contributed by atoms with E-state index >= 15 is 0 Å². The molecule has 1 N–H and O–H groups in total. The lowest BCUT2D eigenvalue weighted by atomic mass is 10.0. The van der Waals surface area contributed by atoms with Crippen LogP contribution in [0.2, 0.25) is 0 Å². The summed E-state index contributed by atoms with van der Waals surface area (Å²) in [6.07, 6.45) is 2.61. The predicted molar refractivity (Wildman–Crippen MR) is 82.7 cm³/mol. The van der Waals surface area contributed by atoms with Crippen molar-refractivity contribution in [2.45, 2.75) is 38.6 Å². The fraction of sp³-hybridized carbons (Fsp3) is 0.529. The molecule has 1 saturated heterocycles. The first-order valence-electron chi connectivity index (χ1n) is 7.77. The van der Waals surface area contributed by atoms with Gasteiger partial charge in [0.05, 0.1) is 6.42 Å². The number of aryl methyl sites for hydroxylation is 1. The highest BCUT2D eigenvalue weighted by molar-refractivity contribution is 5.83. The third-order valence-corrected chi connectivity index (χ3v) is 4.04. The van der Waals surface area contributed by atoms with Gasteiger partial charge in [0.15, 0.2) is 0 Å². The number of carboxylic acids is 1. The number of rotatable bonds is 6. The van der Waals surface area contributed by atoms with E-state index in [4.69, 9.17) is 9.84 Å². The van der Waals surface area contributed by atoms with Gasteiger partial charge < -0.3 is 14.7 Å². The second-order valence-electron chi connectivity index (χ2n) is 5.61. The Kier molecular flexibility index (Phi) is 5.95. The highest BCUT2D eigenvalue weighted by atomic mass is 16.5. The van der Waals surface area contributed by atoms with Crippen LogP contribution in [0.25, 0.3) is 0 Å². The lowest BCUT2D eigenvalue weighted by molar-refractivity contribution is -0.147. The van der Waals surface area contributed by atoms with Gasteiger partial charge in [-0.3, -0.25) is 9.59 Å². The van der Waals surface area contributed by atoms with Gasteiger partial charge in [0.25, 0.3) is 0 Å². The van der Waals surface area contributed by atoms with Crippen LogP contribution in [0.15, 0.2) is 24.3 Å². The SMILES string of the molecule is CCc1ccc(CC(=O)N(CC(=O)O)C2CCOCC2)cc1. The van der Waals surface area contributed by atoms with Crippen molar-refractivity contribution in [3.05, 3.63) is 35.4 Å². The van der Waals surface area contributed by atoms with Gasteiger partial charge in [-0.25, -0.2) is 0 Å². The molecule has 1 heterocycles. The molecule has 5 heteroatoms. The van der Waals surface area contributed by atoms with Gasteiger partial charge >= 0.3 is 5.97 Å². The molecule has 0 radical (unpaired) electrons. The summed E-state index contributed by atoms with van der Waals surface area (Å²) in [6, 6.07) is 7.88. The molecule has 0 aliphatic carbocycles. The molecule has 0 aromatic heterocycles. The van der Waals surface area contributed by atoms with Crippen molar-refractivity contribution >= 4 is 11.9 Å². The van der Waals surface area contributed by atoms with E-state index in [1.165, 1.54) is 10.5 Å². The summed E-state index contributed by atoms with van der Waals surface area (Å²) in [6.45, 7) is 3.01. The third kappa shape index (κ3) is 4.56. The lowest BCUT2D eigenvalue weighted by Gasteiger charge is -2.33. The molecule has 1 aromatic carbocycles. The molecule has 120 valence electrons.